The molecule has 0 heterocycles. The molecule has 82 valence electrons. The number of rotatable bonds is 1. The number of para-hydroxylation sites is 1. The van der Waals surface area contributed by atoms with Crippen molar-refractivity contribution in [2.24, 2.45) is 0 Å². The van der Waals surface area contributed by atoms with Crippen LogP contribution in [-0.2, 0) is 0 Å². The molecule has 0 aliphatic carbocycles. The summed E-state index contributed by atoms with van der Waals surface area (Å²) in [6, 6.07) is 7.55. The zero-order chi connectivity index (χ0) is 12.2. The second kappa shape index (κ2) is 4.87. The molecule has 1 aromatic carbocycles. The van der Waals surface area contributed by atoms with Crippen LogP contribution in [0.4, 0.5) is 0 Å². The SMILES string of the molecule is COc1c(C#N)cccc1C#C[Si](C)(C)C. The van der Waals surface area contributed by atoms with E-state index in [9.17, 15) is 0 Å². The number of nitriles is 1. The third kappa shape index (κ3) is 3.15. The Bertz CT molecular complexity index is 483. The van der Waals surface area contributed by atoms with Gasteiger partial charge in [0.25, 0.3) is 0 Å². The maximum absolute atomic E-state index is 8.93. The molecule has 0 saturated carbocycles. The van der Waals surface area contributed by atoms with E-state index in [4.69, 9.17) is 10.00 Å². The molecule has 1 rings (SSSR count). The highest BCUT2D eigenvalue weighted by Crippen LogP contribution is 2.22. The summed E-state index contributed by atoms with van der Waals surface area (Å²) in [4.78, 5) is 0. The Kier molecular flexibility index (Phi) is 3.76. The Morgan fingerprint density at radius 2 is 1.81 bits per heavy atom. The first-order valence-corrected chi connectivity index (χ1v) is 8.58. The molecule has 0 aliphatic heterocycles. The van der Waals surface area contributed by atoms with Crippen molar-refractivity contribution in [3.63, 3.8) is 0 Å². The van der Waals surface area contributed by atoms with Gasteiger partial charge in [0.15, 0.2) is 5.75 Å². The summed E-state index contributed by atoms with van der Waals surface area (Å²) in [5.41, 5.74) is 4.59. The lowest BCUT2D eigenvalue weighted by atomic mass is 10.1. The van der Waals surface area contributed by atoms with Crippen LogP contribution in [0, 0.1) is 22.8 Å². The largest absolute Gasteiger partial charge is 0.494 e. The van der Waals surface area contributed by atoms with Crippen molar-refractivity contribution in [2.45, 2.75) is 19.6 Å². The molecule has 0 atom stereocenters. The summed E-state index contributed by atoms with van der Waals surface area (Å²) in [5.74, 6) is 3.69. The van der Waals surface area contributed by atoms with E-state index in [1.54, 1.807) is 13.2 Å². The molecule has 1 aromatic rings. The highest BCUT2D eigenvalue weighted by Gasteiger charge is 2.10. The van der Waals surface area contributed by atoms with Crippen LogP contribution >= 0.6 is 0 Å². The summed E-state index contributed by atoms with van der Waals surface area (Å²) < 4.78 is 5.22. The Labute approximate surface area is 97.9 Å². The van der Waals surface area contributed by atoms with Crippen molar-refractivity contribution < 1.29 is 4.74 Å². The van der Waals surface area contributed by atoms with Crippen LogP contribution in [0.3, 0.4) is 0 Å². The van der Waals surface area contributed by atoms with Crippen molar-refractivity contribution in [2.75, 3.05) is 7.11 Å². The Balaban J connectivity index is 3.24. The van der Waals surface area contributed by atoms with E-state index in [-0.39, 0.29) is 0 Å². The third-order valence-electron chi connectivity index (χ3n) is 1.91. The van der Waals surface area contributed by atoms with Crippen molar-refractivity contribution >= 4 is 8.07 Å². The molecule has 0 amide bonds. The highest BCUT2D eigenvalue weighted by molar-refractivity contribution is 6.83. The lowest BCUT2D eigenvalue weighted by Crippen LogP contribution is -2.16. The predicted octanol–water partition coefficient (Wildman–Crippen LogP) is 2.80. The van der Waals surface area contributed by atoms with Gasteiger partial charge in [0, 0.05) is 0 Å². The summed E-state index contributed by atoms with van der Waals surface area (Å²) >= 11 is 0. The molecular weight excluding hydrogens is 214 g/mol. The molecule has 0 bridgehead atoms. The highest BCUT2D eigenvalue weighted by atomic mass is 28.3. The van der Waals surface area contributed by atoms with Crippen molar-refractivity contribution in [1.82, 2.24) is 0 Å². The lowest BCUT2D eigenvalue weighted by Gasteiger charge is -2.06. The monoisotopic (exact) mass is 229 g/mol. The quantitative estimate of drug-likeness (QED) is 0.548. The van der Waals surface area contributed by atoms with E-state index in [1.165, 1.54) is 0 Å². The molecule has 0 aliphatic rings. The molecule has 0 N–H and O–H groups in total. The molecule has 0 aromatic heterocycles. The van der Waals surface area contributed by atoms with Crippen molar-refractivity contribution in [3.05, 3.63) is 29.3 Å². The second-order valence-electron chi connectivity index (χ2n) is 4.50. The van der Waals surface area contributed by atoms with Gasteiger partial charge >= 0.3 is 0 Å². The maximum atomic E-state index is 8.93. The third-order valence-corrected chi connectivity index (χ3v) is 2.79. The van der Waals surface area contributed by atoms with Crippen LogP contribution in [-0.4, -0.2) is 15.2 Å². The maximum Gasteiger partial charge on any atom is 0.152 e. The Hall–Kier alpha value is -1.71. The first kappa shape index (κ1) is 12.4. The van der Waals surface area contributed by atoms with Gasteiger partial charge in [0.05, 0.1) is 18.2 Å². The van der Waals surface area contributed by atoms with E-state index >= 15 is 0 Å². The Morgan fingerprint density at radius 1 is 1.19 bits per heavy atom. The van der Waals surface area contributed by atoms with Gasteiger partial charge in [-0.3, -0.25) is 0 Å². The van der Waals surface area contributed by atoms with Gasteiger partial charge in [0.1, 0.15) is 14.1 Å². The molecule has 0 unspecified atom stereocenters. The molecule has 0 saturated heterocycles. The van der Waals surface area contributed by atoms with Gasteiger partial charge in [-0.15, -0.1) is 5.54 Å². The van der Waals surface area contributed by atoms with E-state index in [0.717, 1.165) is 5.56 Å². The number of hydrogen-bond donors (Lipinski definition) is 0. The number of ether oxygens (including phenoxy) is 1. The minimum atomic E-state index is -1.40. The van der Waals surface area contributed by atoms with Gasteiger partial charge in [0.2, 0.25) is 0 Å². The van der Waals surface area contributed by atoms with Crippen LogP contribution in [0.25, 0.3) is 0 Å². The van der Waals surface area contributed by atoms with Crippen molar-refractivity contribution in [3.8, 4) is 23.3 Å². The minimum Gasteiger partial charge on any atom is -0.494 e. The van der Waals surface area contributed by atoms with Crippen molar-refractivity contribution in [1.29, 1.82) is 5.26 Å². The van der Waals surface area contributed by atoms with Gasteiger partial charge < -0.3 is 4.74 Å². The smallest absolute Gasteiger partial charge is 0.152 e. The zero-order valence-electron chi connectivity index (χ0n) is 10.1. The van der Waals surface area contributed by atoms with E-state index in [1.807, 2.05) is 12.1 Å². The Morgan fingerprint density at radius 3 is 2.31 bits per heavy atom. The normalized spacial score (nSPS) is 9.94. The fourth-order valence-electron chi connectivity index (χ4n) is 1.20. The van der Waals surface area contributed by atoms with Crippen LogP contribution in [0.1, 0.15) is 11.1 Å². The minimum absolute atomic E-state index is 0.532. The number of hydrogen-bond acceptors (Lipinski definition) is 2. The number of benzene rings is 1. The molecule has 2 nitrogen and oxygen atoms in total. The topological polar surface area (TPSA) is 33.0 Å². The fourth-order valence-corrected chi connectivity index (χ4v) is 1.71. The van der Waals surface area contributed by atoms with Crippen LogP contribution < -0.4 is 4.74 Å². The van der Waals surface area contributed by atoms with Gasteiger partial charge in [-0.1, -0.05) is 31.6 Å². The van der Waals surface area contributed by atoms with Gasteiger partial charge in [-0.25, -0.2) is 0 Å². The van der Waals surface area contributed by atoms with E-state index < -0.39 is 8.07 Å². The second-order valence-corrected chi connectivity index (χ2v) is 9.25. The standard InChI is InChI=1S/C13H15NOSi/c1-15-13-11(8-9-16(2,3)4)6-5-7-12(13)10-14/h5-7H,1-4H3. The predicted molar refractivity (Wildman–Crippen MR) is 67.9 cm³/mol. The van der Waals surface area contributed by atoms with E-state index in [0.29, 0.717) is 11.3 Å². The first-order chi connectivity index (χ1) is 7.48. The van der Waals surface area contributed by atoms with Crippen LogP contribution in [0.5, 0.6) is 5.75 Å². The number of methoxy groups -OCH3 is 1. The average Bonchev–Trinajstić information content (AvgIpc) is 2.24. The van der Waals surface area contributed by atoms with Crippen LogP contribution in [0.2, 0.25) is 19.6 Å². The fraction of sp³-hybridized carbons (Fsp3) is 0.308. The molecule has 0 radical (unpaired) electrons. The lowest BCUT2D eigenvalue weighted by molar-refractivity contribution is 0.412. The molecule has 3 heteroatoms. The van der Waals surface area contributed by atoms with Crippen LogP contribution in [0.15, 0.2) is 18.2 Å². The summed E-state index contributed by atoms with van der Waals surface area (Å²) in [6.07, 6.45) is 0. The average molecular weight is 229 g/mol. The molecular formula is C13H15NOSi. The molecule has 0 fully saturated rings. The zero-order valence-corrected chi connectivity index (χ0v) is 11.1. The van der Waals surface area contributed by atoms with Gasteiger partial charge in [-0.05, 0) is 12.1 Å². The molecule has 16 heavy (non-hydrogen) atoms. The molecule has 0 spiro atoms. The summed E-state index contributed by atoms with van der Waals surface area (Å²) in [6.45, 7) is 6.54. The van der Waals surface area contributed by atoms with Gasteiger partial charge in [-0.2, -0.15) is 5.26 Å². The van der Waals surface area contributed by atoms with E-state index in [2.05, 4.69) is 37.2 Å². The first-order valence-electron chi connectivity index (χ1n) is 5.08. The number of nitrogens with zero attached hydrogens (tertiary/aromatic N) is 1. The summed E-state index contributed by atoms with van der Waals surface area (Å²) in [7, 11) is 0.163. The summed E-state index contributed by atoms with van der Waals surface area (Å²) in [5, 5.41) is 8.93.